The minimum absolute atomic E-state index is 0.767. The van der Waals surface area contributed by atoms with E-state index in [9.17, 15) is 0 Å². The fourth-order valence-electron chi connectivity index (χ4n) is 1.49. The van der Waals surface area contributed by atoms with E-state index in [1.165, 1.54) is 10.1 Å². The molecule has 0 N–H and O–H groups in total. The number of alkyl halides is 1. The van der Waals surface area contributed by atoms with Gasteiger partial charge in [0.1, 0.15) is 13.2 Å². The zero-order chi connectivity index (χ0) is 9.97. The summed E-state index contributed by atoms with van der Waals surface area (Å²) < 4.78 is 10.1. The van der Waals surface area contributed by atoms with Crippen molar-refractivity contribution in [2.45, 2.75) is 16.1 Å². The van der Waals surface area contributed by atoms with Gasteiger partial charge in [-0.05, 0) is 23.5 Å². The number of hydrogen-bond acceptors (Lipinski definition) is 3. The molecule has 2 aliphatic heterocycles. The number of ether oxygens (including phenoxy) is 1. The van der Waals surface area contributed by atoms with Crippen LogP contribution in [0.3, 0.4) is 0 Å². The second-order valence-corrected chi connectivity index (χ2v) is 7.97. The number of nitrogens with zero attached hydrogens (tertiary/aromatic N) is 1. The van der Waals surface area contributed by atoms with E-state index in [0.29, 0.717) is 0 Å². The first-order valence-corrected chi connectivity index (χ1v) is 8.01. The SMILES string of the molecule is CC(I)C1CSC(=[N+]2CCOCC2)S1. The molecule has 14 heavy (non-hydrogen) atoms. The standard InChI is InChI=1S/C9H15INOS2/c1-7(10)8-6-13-9(14-8)11-2-4-12-5-3-11/h7-8H,2-6H2,1H3/q+1. The summed E-state index contributed by atoms with van der Waals surface area (Å²) in [5.41, 5.74) is 0. The van der Waals surface area contributed by atoms with E-state index >= 15 is 0 Å². The van der Waals surface area contributed by atoms with Gasteiger partial charge in [-0.3, -0.25) is 0 Å². The third-order valence-corrected chi connectivity index (χ3v) is 6.98. The van der Waals surface area contributed by atoms with Crippen molar-refractivity contribution in [3.8, 4) is 0 Å². The predicted octanol–water partition coefficient (Wildman–Crippen LogP) is 2.06. The van der Waals surface area contributed by atoms with E-state index in [0.717, 1.165) is 35.5 Å². The Bertz CT molecular complexity index is 237. The molecule has 2 atom stereocenters. The van der Waals surface area contributed by atoms with E-state index in [-0.39, 0.29) is 0 Å². The molecule has 2 unspecified atom stereocenters. The number of morpholine rings is 1. The number of thioether (sulfide) groups is 2. The van der Waals surface area contributed by atoms with Gasteiger partial charge in [0.15, 0.2) is 13.1 Å². The first-order valence-electron chi connectivity index (χ1n) is 4.90. The first kappa shape index (κ1) is 11.5. The molecule has 0 aromatic carbocycles. The molecular formula is C9H15INOS2+. The highest BCUT2D eigenvalue weighted by Crippen LogP contribution is 2.36. The van der Waals surface area contributed by atoms with Gasteiger partial charge in [0.2, 0.25) is 0 Å². The first-order chi connectivity index (χ1) is 6.77. The summed E-state index contributed by atoms with van der Waals surface area (Å²) in [7, 11) is 0. The van der Waals surface area contributed by atoms with Gasteiger partial charge in [0.25, 0.3) is 4.38 Å². The van der Waals surface area contributed by atoms with Gasteiger partial charge in [0.05, 0.1) is 0 Å². The minimum atomic E-state index is 0.767. The Kier molecular flexibility index (Phi) is 4.46. The third kappa shape index (κ3) is 2.80. The lowest BCUT2D eigenvalue weighted by Crippen LogP contribution is -2.31. The molecule has 0 saturated carbocycles. The molecule has 2 rings (SSSR count). The lowest BCUT2D eigenvalue weighted by Gasteiger charge is -2.12. The van der Waals surface area contributed by atoms with Gasteiger partial charge in [-0.1, -0.05) is 29.5 Å². The van der Waals surface area contributed by atoms with Crippen molar-refractivity contribution in [3.05, 3.63) is 0 Å². The molecule has 2 saturated heterocycles. The van der Waals surface area contributed by atoms with Gasteiger partial charge in [-0.15, -0.1) is 0 Å². The van der Waals surface area contributed by atoms with Crippen LogP contribution in [0.1, 0.15) is 6.92 Å². The monoisotopic (exact) mass is 344 g/mol. The van der Waals surface area contributed by atoms with Crippen LogP contribution in [0.5, 0.6) is 0 Å². The average Bonchev–Trinajstić information content (AvgIpc) is 2.68. The Balaban J connectivity index is 1.98. The molecule has 0 aromatic rings. The van der Waals surface area contributed by atoms with Crippen LogP contribution < -0.4 is 0 Å². The fraction of sp³-hybridized carbons (Fsp3) is 0.889. The highest BCUT2D eigenvalue weighted by atomic mass is 127. The van der Waals surface area contributed by atoms with E-state index in [2.05, 4.69) is 45.9 Å². The molecule has 0 bridgehead atoms. The summed E-state index contributed by atoms with van der Waals surface area (Å²) in [4.78, 5) is 0. The highest BCUT2D eigenvalue weighted by Gasteiger charge is 2.32. The number of halogens is 1. The third-order valence-electron chi connectivity index (χ3n) is 2.40. The minimum Gasteiger partial charge on any atom is -0.368 e. The number of hydrogen-bond donors (Lipinski definition) is 0. The Labute approximate surface area is 107 Å². The maximum Gasteiger partial charge on any atom is 0.270 e. The van der Waals surface area contributed by atoms with Crippen LogP contribution in [0, 0.1) is 0 Å². The lowest BCUT2D eigenvalue weighted by atomic mass is 10.4. The quantitative estimate of drug-likeness (QED) is 0.410. The molecular weight excluding hydrogens is 329 g/mol. The van der Waals surface area contributed by atoms with Crippen molar-refractivity contribution in [2.75, 3.05) is 32.1 Å². The Hall–Kier alpha value is 1.06. The summed E-state index contributed by atoms with van der Waals surface area (Å²) in [6.07, 6.45) is 0. The van der Waals surface area contributed by atoms with Crippen LogP contribution >= 0.6 is 46.1 Å². The maximum atomic E-state index is 5.36. The van der Waals surface area contributed by atoms with E-state index < -0.39 is 0 Å². The van der Waals surface area contributed by atoms with Gasteiger partial charge in [0, 0.05) is 14.9 Å². The largest absolute Gasteiger partial charge is 0.368 e. The van der Waals surface area contributed by atoms with E-state index in [1.54, 1.807) is 0 Å². The summed E-state index contributed by atoms with van der Waals surface area (Å²) in [6.45, 7) is 6.26. The Morgan fingerprint density at radius 2 is 2.21 bits per heavy atom. The van der Waals surface area contributed by atoms with Crippen LogP contribution in [0.4, 0.5) is 0 Å². The normalized spacial score (nSPS) is 30.9. The zero-order valence-corrected chi connectivity index (χ0v) is 12.0. The molecule has 0 aliphatic carbocycles. The second-order valence-electron chi connectivity index (χ2n) is 3.51. The summed E-state index contributed by atoms with van der Waals surface area (Å²) in [5, 5.41) is 0.804. The Morgan fingerprint density at radius 1 is 1.50 bits per heavy atom. The smallest absolute Gasteiger partial charge is 0.270 e. The maximum absolute atomic E-state index is 5.36. The van der Waals surface area contributed by atoms with Gasteiger partial charge < -0.3 is 4.74 Å². The summed E-state index contributed by atoms with van der Waals surface area (Å²) in [5.74, 6) is 1.28. The predicted molar refractivity (Wildman–Crippen MR) is 73.1 cm³/mol. The van der Waals surface area contributed by atoms with Crippen molar-refractivity contribution in [2.24, 2.45) is 0 Å². The molecule has 0 radical (unpaired) electrons. The average molecular weight is 344 g/mol. The van der Waals surface area contributed by atoms with Gasteiger partial charge in [-0.2, -0.15) is 0 Å². The topological polar surface area (TPSA) is 12.2 Å². The van der Waals surface area contributed by atoms with Crippen molar-refractivity contribution >= 4 is 50.5 Å². The van der Waals surface area contributed by atoms with Crippen molar-refractivity contribution in [3.63, 3.8) is 0 Å². The summed E-state index contributed by atoms with van der Waals surface area (Å²) in [6, 6.07) is 0. The summed E-state index contributed by atoms with van der Waals surface area (Å²) >= 11 is 6.63. The molecule has 2 fully saturated rings. The molecule has 0 amide bonds. The molecule has 0 spiro atoms. The van der Waals surface area contributed by atoms with Crippen LogP contribution in [-0.4, -0.2) is 50.2 Å². The van der Waals surface area contributed by atoms with E-state index in [1.807, 2.05) is 11.8 Å². The van der Waals surface area contributed by atoms with Crippen LogP contribution in [0.15, 0.2) is 0 Å². The molecule has 0 aromatic heterocycles. The van der Waals surface area contributed by atoms with Crippen molar-refractivity contribution in [1.82, 2.24) is 0 Å². The Morgan fingerprint density at radius 3 is 2.79 bits per heavy atom. The van der Waals surface area contributed by atoms with Crippen LogP contribution in [0.2, 0.25) is 0 Å². The van der Waals surface area contributed by atoms with Gasteiger partial charge in [-0.25, -0.2) is 4.58 Å². The van der Waals surface area contributed by atoms with Crippen LogP contribution in [-0.2, 0) is 4.74 Å². The van der Waals surface area contributed by atoms with E-state index in [4.69, 9.17) is 4.74 Å². The number of rotatable bonds is 1. The molecule has 2 heterocycles. The van der Waals surface area contributed by atoms with Crippen molar-refractivity contribution < 1.29 is 9.31 Å². The lowest BCUT2D eigenvalue weighted by molar-refractivity contribution is -0.544. The van der Waals surface area contributed by atoms with Gasteiger partial charge >= 0.3 is 0 Å². The molecule has 2 nitrogen and oxygen atoms in total. The molecule has 2 aliphatic rings. The zero-order valence-electron chi connectivity index (χ0n) is 8.24. The molecule has 5 heteroatoms. The van der Waals surface area contributed by atoms with Crippen LogP contribution in [0.25, 0.3) is 0 Å². The second kappa shape index (κ2) is 5.41. The fourth-order valence-corrected chi connectivity index (χ4v) is 5.59. The molecule has 80 valence electrons. The highest BCUT2D eigenvalue weighted by molar-refractivity contribution is 14.1. The van der Waals surface area contributed by atoms with Crippen molar-refractivity contribution in [1.29, 1.82) is 0 Å².